The molecule has 2 rings (SSSR count). The van der Waals surface area contributed by atoms with Gasteiger partial charge in [-0.05, 0) is 30.0 Å². The maximum Gasteiger partial charge on any atom is 0.194 e. The fourth-order valence-electron chi connectivity index (χ4n) is 1.28. The Hall–Kier alpha value is -1.48. The Bertz CT molecular complexity index is 448. The van der Waals surface area contributed by atoms with Crippen LogP contribution in [0, 0.1) is 6.92 Å². The summed E-state index contributed by atoms with van der Waals surface area (Å²) in [7, 11) is 0. The standard InChI is InChI=1S/C11H9NOS/c1-8-6-12-4-2-10(8)11(13)9-3-5-14-7-9/h2-7H,1H3. The molecule has 70 valence electrons. The van der Waals surface area contributed by atoms with E-state index in [9.17, 15) is 4.79 Å². The van der Waals surface area contributed by atoms with Crippen LogP contribution < -0.4 is 0 Å². The predicted molar refractivity (Wildman–Crippen MR) is 56.7 cm³/mol. The molecule has 14 heavy (non-hydrogen) atoms. The molecule has 0 atom stereocenters. The average molecular weight is 203 g/mol. The van der Waals surface area contributed by atoms with Gasteiger partial charge < -0.3 is 0 Å². The fraction of sp³-hybridized carbons (Fsp3) is 0.0909. The SMILES string of the molecule is Cc1cnccc1C(=O)c1ccsc1. The van der Waals surface area contributed by atoms with Gasteiger partial charge in [-0.3, -0.25) is 9.78 Å². The quantitative estimate of drug-likeness (QED) is 0.702. The van der Waals surface area contributed by atoms with Gasteiger partial charge in [-0.2, -0.15) is 11.3 Å². The van der Waals surface area contributed by atoms with E-state index in [2.05, 4.69) is 4.98 Å². The number of ketones is 1. The molecular weight excluding hydrogens is 194 g/mol. The summed E-state index contributed by atoms with van der Waals surface area (Å²) in [5.74, 6) is 0.0751. The molecule has 2 aromatic heterocycles. The molecule has 0 unspecified atom stereocenters. The van der Waals surface area contributed by atoms with Crippen molar-refractivity contribution in [2.24, 2.45) is 0 Å². The molecule has 3 heteroatoms. The Labute approximate surface area is 86.2 Å². The van der Waals surface area contributed by atoms with Crippen molar-refractivity contribution in [3.8, 4) is 0 Å². The number of hydrogen-bond acceptors (Lipinski definition) is 3. The summed E-state index contributed by atoms with van der Waals surface area (Å²) in [4.78, 5) is 15.9. The second-order valence-electron chi connectivity index (χ2n) is 3.03. The Morgan fingerprint density at radius 1 is 1.43 bits per heavy atom. The molecule has 0 N–H and O–H groups in total. The molecule has 2 nitrogen and oxygen atoms in total. The average Bonchev–Trinajstić information content (AvgIpc) is 2.70. The van der Waals surface area contributed by atoms with Crippen LogP contribution in [-0.2, 0) is 0 Å². The van der Waals surface area contributed by atoms with Crippen LogP contribution in [0.3, 0.4) is 0 Å². The number of thiophene rings is 1. The van der Waals surface area contributed by atoms with Crippen LogP contribution in [0.15, 0.2) is 35.3 Å². The largest absolute Gasteiger partial charge is 0.289 e. The zero-order valence-electron chi connectivity index (χ0n) is 7.73. The highest BCUT2D eigenvalue weighted by Gasteiger charge is 2.10. The predicted octanol–water partition coefficient (Wildman–Crippen LogP) is 2.68. The van der Waals surface area contributed by atoms with Crippen LogP contribution in [0.2, 0.25) is 0 Å². The van der Waals surface area contributed by atoms with Crippen molar-refractivity contribution < 1.29 is 4.79 Å². The molecule has 0 aromatic carbocycles. The van der Waals surface area contributed by atoms with Crippen LogP contribution in [0.1, 0.15) is 21.5 Å². The zero-order valence-corrected chi connectivity index (χ0v) is 8.54. The number of aryl methyl sites for hydroxylation is 1. The summed E-state index contributed by atoms with van der Waals surface area (Å²) in [6.45, 7) is 1.90. The lowest BCUT2D eigenvalue weighted by Crippen LogP contribution is -2.02. The highest BCUT2D eigenvalue weighted by atomic mass is 32.1. The van der Waals surface area contributed by atoms with E-state index in [1.807, 2.05) is 23.8 Å². The molecule has 0 amide bonds. The maximum absolute atomic E-state index is 11.9. The summed E-state index contributed by atoms with van der Waals surface area (Å²) in [5.41, 5.74) is 2.41. The van der Waals surface area contributed by atoms with E-state index in [-0.39, 0.29) is 5.78 Å². The first kappa shape index (κ1) is 9.09. The van der Waals surface area contributed by atoms with Crippen LogP contribution >= 0.6 is 11.3 Å². The Morgan fingerprint density at radius 3 is 2.93 bits per heavy atom. The Balaban J connectivity index is 2.42. The summed E-state index contributed by atoms with van der Waals surface area (Å²) >= 11 is 1.53. The summed E-state index contributed by atoms with van der Waals surface area (Å²) in [5, 5.41) is 3.77. The molecule has 0 radical (unpaired) electrons. The van der Waals surface area contributed by atoms with Gasteiger partial charge >= 0.3 is 0 Å². The van der Waals surface area contributed by atoms with Gasteiger partial charge in [0.15, 0.2) is 5.78 Å². The topological polar surface area (TPSA) is 30.0 Å². The fourth-order valence-corrected chi connectivity index (χ4v) is 1.91. The molecular formula is C11H9NOS. The van der Waals surface area contributed by atoms with Crippen molar-refractivity contribution in [1.82, 2.24) is 4.98 Å². The van der Waals surface area contributed by atoms with Crippen LogP contribution in [0.5, 0.6) is 0 Å². The van der Waals surface area contributed by atoms with Crippen molar-refractivity contribution in [2.45, 2.75) is 6.92 Å². The van der Waals surface area contributed by atoms with Gasteiger partial charge in [-0.15, -0.1) is 0 Å². The van der Waals surface area contributed by atoms with Crippen LogP contribution in [0.25, 0.3) is 0 Å². The van der Waals surface area contributed by atoms with Crippen molar-refractivity contribution in [3.05, 3.63) is 52.0 Å². The number of carbonyl (C=O) groups is 1. The number of carbonyl (C=O) groups excluding carboxylic acids is 1. The van der Waals surface area contributed by atoms with Crippen molar-refractivity contribution >= 4 is 17.1 Å². The first-order chi connectivity index (χ1) is 6.79. The maximum atomic E-state index is 11.9. The molecule has 0 aliphatic rings. The van der Waals surface area contributed by atoms with Gasteiger partial charge in [0, 0.05) is 28.9 Å². The normalized spacial score (nSPS) is 10.1. The van der Waals surface area contributed by atoms with Crippen LogP contribution in [0.4, 0.5) is 0 Å². The van der Waals surface area contributed by atoms with Gasteiger partial charge in [0.2, 0.25) is 0 Å². The first-order valence-corrected chi connectivity index (χ1v) is 5.21. The van der Waals surface area contributed by atoms with Crippen molar-refractivity contribution in [2.75, 3.05) is 0 Å². The minimum absolute atomic E-state index is 0.0751. The highest BCUT2D eigenvalue weighted by Crippen LogP contribution is 2.14. The van der Waals surface area contributed by atoms with E-state index in [1.165, 1.54) is 11.3 Å². The van der Waals surface area contributed by atoms with E-state index in [0.717, 1.165) is 16.7 Å². The number of hydrogen-bond donors (Lipinski definition) is 0. The van der Waals surface area contributed by atoms with E-state index < -0.39 is 0 Å². The summed E-state index contributed by atoms with van der Waals surface area (Å²) in [6.07, 6.45) is 3.35. The minimum Gasteiger partial charge on any atom is -0.289 e. The van der Waals surface area contributed by atoms with E-state index in [1.54, 1.807) is 18.5 Å². The smallest absolute Gasteiger partial charge is 0.194 e. The molecule has 2 aromatic rings. The molecule has 0 bridgehead atoms. The minimum atomic E-state index is 0.0751. The number of aromatic nitrogens is 1. The number of pyridine rings is 1. The Kier molecular flexibility index (Phi) is 2.41. The van der Waals surface area contributed by atoms with Gasteiger partial charge in [0.1, 0.15) is 0 Å². The molecule has 0 saturated heterocycles. The van der Waals surface area contributed by atoms with Gasteiger partial charge in [-0.1, -0.05) is 0 Å². The lowest BCUT2D eigenvalue weighted by molar-refractivity contribution is 0.103. The lowest BCUT2D eigenvalue weighted by Gasteiger charge is -2.01. The van der Waals surface area contributed by atoms with Crippen molar-refractivity contribution in [1.29, 1.82) is 0 Å². The van der Waals surface area contributed by atoms with Crippen LogP contribution in [-0.4, -0.2) is 10.8 Å². The zero-order chi connectivity index (χ0) is 9.97. The summed E-state index contributed by atoms with van der Waals surface area (Å²) in [6, 6.07) is 3.60. The third-order valence-corrected chi connectivity index (χ3v) is 2.73. The summed E-state index contributed by atoms with van der Waals surface area (Å²) < 4.78 is 0. The number of rotatable bonds is 2. The third-order valence-electron chi connectivity index (χ3n) is 2.05. The first-order valence-electron chi connectivity index (χ1n) is 4.26. The molecule has 0 saturated carbocycles. The highest BCUT2D eigenvalue weighted by molar-refractivity contribution is 7.08. The molecule has 2 heterocycles. The molecule has 0 fully saturated rings. The second-order valence-corrected chi connectivity index (χ2v) is 3.81. The van der Waals surface area contributed by atoms with E-state index >= 15 is 0 Å². The van der Waals surface area contributed by atoms with Gasteiger partial charge in [0.25, 0.3) is 0 Å². The van der Waals surface area contributed by atoms with Gasteiger partial charge in [0.05, 0.1) is 0 Å². The van der Waals surface area contributed by atoms with Crippen molar-refractivity contribution in [3.63, 3.8) is 0 Å². The molecule has 0 aliphatic heterocycles. The lowest BCUT2D eigenvalue weighted by atomic mass is 10.0. The molecule has 0 aliphatic carbocycles. The van der Waals surface area contributed by atoms with E-state index in [0.29, 0.717) is 0 Å². The van der Waals surface area contributed by atoms with E-state index in [4.69, 9.17) is 0 Å². The molecule has 0 spiro atoms. The monoisotopic (exact) mass is 203 g/mol. The Morgan fingerprint density at radius 2 is 2.29 bits per heavy atom. The number of nitrogens with zero attached hydrogens (tertiary/aromatic N) is 1. The third kappa shape index (κ3) is 1.59. The van der Waals surface area contributed by atoms with Gasteiger partial charge in [-0.25, -0.2) is 0 Å². The second kappa shape index (κ2) is 3.72.